The van der Waals surface area contributed by atoms with Gasteiger partial charge in [0, 0.05) is 41.6 Å². The molecule has 154 valence electrons. The second-order valence-corrected chi connectivity index (χ2v) is 7.29. The monoisotopic (exact) mass is 424 g/mol. The predicted molar refractivity (Wildman–Crippen MR) is 118 cm³/mol. The molecule has 0 aromatic heterocycles. The molecule has 1 aliphatic rings. The molecule has 8 heteroatoms. The Morgan fingerprint density at radius 2 is 1.87 bits per heavy atom. The van der Waals surface area contributed by atoms with Crippen LogP contribution in [0.25, 0.3) is 10.8 Å². The zero-order chi connectivity index (χ0) is 21.1. The molecular formula is C22H21ClN4O3. The molecule has 30 heavy (non-hydrogen) atoms. The van der Waals surface area contributed by atoms with E-state index in [2.05, 4.69) is 15.5 Å². The van der Waals surface area contributed by atoms with E-state index in [1.54, 1.807) is 48.3 Å². The number of hydrogen-bond donors (Lipinski definition) is 2. The summed E-state index contributed by atoms with van der Waals surface area (Å²) < 4.78 is 5.33. The molecule has 2 N–H and O–H groups in total. The minimum Gasteiger partial charge on any atom is -0.506 e. The van der Waals surface area contributed by atoms with E-state index in [0.29, 0.717) is 53.5 Å². The van der Waals surface area contributed by atoms with Gasteiger partial charge in [0.15, 0.2) is 0 Å². The normalized spacial score (nSPS) is 14.4. The SMILES string of the molecule is CNc1cccc2c(O)c(C(=O)N3CCOCC3)cc(N=Nc3ccc(Cl)cc3)c12. The highest BCUT2D eigenvalue weighted by Gasteiger charge is 2.24. The van der Waals surface area contributed by atoms with Crippen LogP contribution in [0.3, 0.4) is 0 Å². The average Bonchev–Trinajstić information content (AvgIpc) is 2.79. The lowest BCUT2D eigenvalue weighted by molar-refractivity contribution is 0.0301. The van der Waals surface area contributed by atoms with Crippen molar-refractivity contribution in [2.75, 3.05) is 38.7 Å². The third-order valence-electron chi connectivity index (χ3n) is 5.01. The molecular weight excluding hydrogens is 404 g/mol. The number of morpholine rings is 1. The van der Waals surface area contributed by atoms with Gasteiger partial charge in [-0.3, -0.25) is 4.79 Å². The summed E-state index contributed by atoms with van der Waals surface area (Å²) in [7, 11) is 1.79. The fourth-order valence-corrected chi connectivity index (χ4v) is 3.58. The molecule has 0 radical (unpaired) electrons. The highest BCUT2D eigenvalue weighted by molar-refractivity contribution is 6.30. The lowest BCUT2D eigenvalue weighted by Crippen LogP contribution is -2.40. The van der Waals surface area contributed by atoms with E-state index in [4.69, 9.17) is 16.3 Å². The van der Waals surface area contributed by atoms with Crippen molar-refractivity contribution in [1.29, 1.82) is 0 Å². The fraction of sp³-hybridized carbons (Fsp3) is 0.227. The Hall–Kier alpha value is -3.16. The van der Waals surface area contributed by atoms with Crippen LogP contribution < -0.4 is 5.32 Å². The Kier molecular flexibility index (Phi) is 5.83. The molecule has 0 spiro atoms. The molecule has 0 aliphatic carbocycles. The fourth-order valence-electron chi connectivity index (χ4n) is 3.45. The summed E-state index contributed by atoms with van der Waals surface area (Å²) in [5, 5.41) is 24.6. The molecule has 7 nitrogen and oxygen atoms in total. The standard InChI is InChI=1S/C22H21ClN4O3/c1-24-18-4-2-3-16-20(18)19(26-25-15-7-5-14(23)6-8-15)13-17(21(16)28)22(29)27-9-11-30-12-10-27/h2-8,13,24,28H,9-12H2,1H3. The van der Waals surface area contributed by atoms with Gasteiger partial charge in [0.05, 0.1) is 30.2 Å². The van der Waals surface area contributed by atoms with Crippen LogP contribution in [0, 0.1) is 0 Å². The van der Waals surface area contributed by atoms with E-state index in [0.717, 1.165) is 5.69 Å². The van der Waals surface area contributed by atoms with E-state index in [-0.39, 0.29) is 17.2 Å². The van der Waals surface area contributed by atoms with Crippen LogP contribution in [0.15, 0.2) is 58.8 Å². The van der Waals surface area contributed by atoms with Gasteiger partial charge in [-0.15, -0.1) is 5.11 Å². The van der Waals surface area contributed by atoms with Crippen LogP contribution in [0.1, 0.15) is 10.4 Å². The first kappa shape index (κ1) is 20.1. The van der Waals surface area contributed by atoms with Crippen molar-refractivity contribution in [2.24, 2.45) is 10.2 Å². The third kappa shape index (κ3) is 3.94. The van der Waals surface area contributed by atoms with Crippen molar-refractivity contribution in [3.63, 3.8) is 0 Å². The Morgan fingerprint density at radius 3 is 2.57 bits per heavy atom. The molecule has 0 bridgehead atoms. The van der Waals surface area contributed by atoms with Crippen molar-refractivity contribution >= 4 is 45.3 Å². The first-order valence-corrected chi connectivity index (χ1v) is 9.97. The summed E-state index contributed by atoms with van der Waals surface area (Å²) in [5.74, 6) is -0.320. The second-order valence-electron chi connectivity index (χ2n) is 6.85. The average molecular weight is 425 g/mol. The zero-order valence-corrected chi connectivity index (χ0v) is 17.2. The third-order valence-corrected chi connectivity index (χ3v) is 5.26. The highest BCUT2D eigenvalue weighted by atomic mass is 35.5. The molecule has 3 aromatic rings. The van der Waals surface area contributed by atoms with Gasteiger partial charge in [0.25, 0.3) is 5.91 Å². The first-order chi connectivity index (χ1) is 14.6. The summed E-state index contributed by atoms with van der Waals surface area (Å²) in [6.45, 7) is 1.92. The Balaban J connectivity index is 1.84. The minimum absolute atomic E-state index is 0.0657. The van der Waals surface area contributed by atoms with Crippen LogP contribution in [-0.4, -0.2) is 49.3 Å². The van der Waals surface area contributed by atoms with E-state index in [1.165, 1.54) is 0 Å². The quantitative estimate of drug-likeness (QED) is 0.568. The number of anilines is 1. The molecule has 1 fully saturated rings. The molecule has 3 aromatic carbocycles. The maximum Gasteiger partial charge on any atom is 0.257 e. The van der Waals surface area contributed by atoms with Crippen molar-refractivity contribution in [3.8, 4) is 5.75 Å². The number of carbonyl (C=O) groups excluding carboxylic acids is 1. The van der Waals surface area contributed by atoms with Gasteiger partial charge in [0.2, 0.25) is 0 Å². The number of nitrogens with one attached hydrogen (secondary N) is 1. The molecule has 1 amide bonds. The number of azo groups is 1. The van der Waals surface area contributed by atoms with Crippen molar-refractivity contribution in [3.05, 3.63) is 59.1 Å². The summed E-state index contributed by atoms with van der Waals surface area (Å²) in [4.78, 5) is 14.8. The molecule has 0 unspecified atom stereocenters. The van der Waals surface area contributed by atoms with Crippen molar-refractivity contribution < 1.29 is 14.6 Å². The highest BCUT2D eigenvalue weighted by Crippen LogP contribution is 2.41. The molecule has 1 saturated heterocycles. The summed E-state index contributed by atoms with van der Waals surface area (Å²) in [6, 6.07) is 14.0. The van der Waals surface area contributed by atoms with Crippen LogP contribution in [0.4, 0.5) is 17.1 Å². The molecule has 0 saturated carbocycles. The van der Waals surface area contributed by atoms with Crippen LogP contribution in [0.2, 0.25) is 5.02 Å². The second kappa shape index (κ2) is 8.69. The zero-order valence-electron chi connectivity index (χ0n) is 16.4. The van der Waals surface area contributed by atoms with Crippen LogP contribution in [-0.2, 0) is 4.74 Å². The van der Waals surface area contributed by atoms with Gasteiger partial charge in [-0.1, -0.05) is 23.7 Å². The maximum atomic E-state index is 13.1. The largest absolute Gasteiger partial charge is 0.506 e. The van der Waals surface area contributed by atoms with E-state index in [1.807, 2.05) is 12.1 Å². The number of rotatable bonds is 4. The number of carbonyl (C=O) groups is 1. The number of phenolic OH excluding ortho intramolecular Hbond substituents is 1. The lowest BCUT2D eigenvalue weighted by atomic mass is 10.0. The van der Waals surface area contributed by atoms with Crippen LogP contribution >= 0.6 is 11.6 Å². The smallest absolute Gasteiger partial charge is 0.257 e. The molecule has 1 heterocycles. The number of ether oxygens (including phenoxy) is 1. The number of amides is 1. The number of phenols is 1. The molecule has 1 aliphatic heterocycles. The van der Waals surface area contributed by atoms with Crippen LogP contribution in [0.5, 0.6) is 5.75 Å². The molecule has 4 rings (SSSR count). The number of nitrogens with zero attached hydrogens (tertiary/aromatic N) is 3. The number of hydrogen-bond acceptors (Lipinski definition) is 6. The first-order valence-electron chi connectivity index (χ1n) is 9.59. The lowest BCUT2D eigenvalue weighted by Gasteiger charge is -2.27. The number of benzene rings is 3. The Labute approximate surface area is 178 Å². The predicted octanol–water partition coefficient (Wildman–Crippen LogP) is 5.13. The number of aromatic hydroxyl groups is 1. The van der Waals surface area contributed by atoms with E-state index in [9.17, 15) is 9.90 Å². The maximum absolute atomic E-state index is 13.1. The van der Waals surface area contributed by atoms with E-state index < -0.39 is 0 Å². The van der Waals surface area contributed by atoms with E-state index >= 15 is 0 Å². The summed E-state index contributed by atoms with van der Waals surface area (Å²) in [6.07, 6.45) is 0. The Bertz CT molecular complexity index is 1110. The van der Waals surface area contributed by atoms with Crippen molar-refractivity contribution in [1.82, 2.24) is 4.90 Å². The van der Waals surface area contributed by atoms with Gasteiger partial charge >= 0.3 is 0 Å². The van der Waals surface area contributed by atoms with Gasteiger partial charge in [-0.25, -0.2) is 0 Å². The van der Waals surface area contributed by atoms with Gasteiger partial charge in [-0.05, 0) is 36.4 Å². The minimum atomic E-state index is -0.254. The van der Waals surface area contributed by atoms with Gasteiger partial charge < -0.3 is 20.1 Å². The number of fused-ring (bicyclic) bond motifs is 1. The van der Waals surface area contributed by atoms with Crippen molar-refractivity contribution in [2.45, 2.75) is 0 Å². The van der Waals surface area contributed by atoms with Gasteiger partial charge in [-0.2, -0.15) is 5.11 Å². The summed E-state index contributed by atoms with van der Waals surface area (Å²) >= 11 is 5.93. The molecule has 0 atom stereocenters. The number of halogens is 1. The van der Waals surface area contributed by atoms with Gasteiger partial charge in [0.1, 0.15) is 5.75 Å². The summed E-state index contributed by atoms with van der Waals surface area (Å²) in [5.41, 5.74) is 2.09. The Morgan fingerprint density at radius 1 is 1.13 bits per heavy atom. The topological polar surface area (TPSA) is 86.5 Å².